The number of nitro groups is 1. The Morgan fingerprint density at radius 1 is 1.16 bits per heavy atom. The van der Waals surface area contributed by atoms with Gasteiger partial charge < -0.3 is 9.80 Å². The second-order valence-corrected chi connectivity index (χ2v) is 7.63. The predicted octanol–water partition coefficient (Wildman–Crippen LogP) is 4.27. The highest BCUT2D eigenvalue weighted by Gasteiger charge is 2.37. The van der Waals surface area contributed by atoms with Gasteiger partial charge in [-0.3, -0.25) is 14.9 Å². The summed E-state index contributed by atoms with van der Waals surface area (Å²) in [4.78, 5) is 26.3. The van der Waals surface area contributed by atoms with Crippen LogP contribution in [0.3, 0.4) is 0 Å². The van der Waals surface area contributed by atoms with E-state index in [1.165, 1.54) is 30.3 Å². The Labute approximate surface area is 182 Å². The van der Waals surface area contributed by atoms with Crippen LogP contribution in [-0.4, -0.2) is 41.5 Å². The molecule has 0 bridgehead atoms. The molecule has 1 aliphatic rings. The van der Waals surface area contributed by atoms with E-state index in [1.807, 2.05) is 6.07 Å². The number of piperidine rings is 1. The van der Waals surface area contributed by atoms with E-state index in [0.717, 1.165) is 4.90 Å². The summed E-state index contributed by atoms with van der Waals surface area (Å²) in [6.07, 6.45) is -3.95. The molecule has 10 heteroatoms. The number of anilines is 1. The maximum atomic E-state index is 13.1. The van der Waals surface area contributed by atoms with Gasteiger partial charge in [-0.2, -0.15) is 18.4 Å². The Morgan fingerprint density at radius 3 is 2.34 bits per heavy atom. The zero-order valence-corrected chi connectivity index (χ0v) is 17.1. The summed E-state index contributed by atoms with van der Waals surface area (Å²) in [6, 6.07) is 14.3. The molecule has 168 valence electrons. The predicted molar refractivity (Wildman–Crippen MR) is 111 cm³/mol. The molecular formula is C22H21F3N4O3. The second-order valence-electron chi connectivity index (χ2n) is 7.63. The van der Waals surface area contributed by atoms with Crippen LogP contribution in [0.25, 0.3) is 0 Å². The van der Waals surface area contributed by atoms with Gasteiger partial charge in [-0.15, -0.1) is 0 Å². The number of para-hydroxylation sites is 2. The van der Waals surface area contributed by atoms with E-state index in [9.17, 15) is 28.1 Å². The van der Waals surface area contributed by atoms with Crippen molar-refractivity contribution < 1.29 is 22.9 Å². The average molecular weight is 446 g/mol. The van der Waals surface area contributed by atoms with Crippen LogP contribution in [-0.2, 0) is 11.3 Å². The van der Waals surface area contributed by atoms with Crippen LogP contribution in [0.5, 0.6) is 0 Å². The topological polar surface area (TPSA) is 90.5 Å². The van der Waals surface area contributed by atoms with E-state index in [1.54, 1.807) is 23.1 Å². The molecule has 32 heavy (non-hydrogen) atoms. The second kappa shape index (κ2) is 9.68. The van der Waals surface area contributed by atoms with Crippen molar-refractivity contribution in [1.29, 1.82) is 5.26 Å². The number of rotatable bonds is 6. The fourth-order valence-corrected chi connectivity index (χ4v) is 3.84. The minimum Gasteiger partial charge on any atom is -0.366 e. The minimum atomic E-state index is -4.55. The molecule has 1 saturated heterocycles. The normalized spacial score (nSPS) is 14.6. The Hall–Kier alpha value is -3.61. The molecule has 0 N–H and O–H groups in total. The lowest BCUT2D eigenvalue weighted by molar-refractivity contribution is -0.384. The van der Waals surface area contributed by atoms with Crippen molar-refractivity contribution in [1.82, 2.24) is 4.90 Å². The molecule has 0 aromatic heterocycles. The van der Waals surface area contributed by atoms with Crippen molar-refractivity contribution in [2.24, 2.45) is 5.92 Å². The number of alkyl halides is 3. The lowest BCUT2D eigenvalue weighted by Crippen LogP contribution is -2.45. The quantitative estimate of drug-likeness (QED) is 0.488. The number of carbonyl (C=O) groups is 1. The van der Waals surface area contributed by atoms with Gasteiger partial charge in [0.1, 0.15) is 12.2 Å². The first-order valence-corrected chi connectivity index (χ1v) is 10.0. The highest BCUT2D eigenvalue weighted by atomic mass is 19.4. The van der Waals surface area contributed by atoms with Crippen LogP contribution in [0, 0.1) is 27.4 Å². The summed E-state index contributed by atoms with van der Waals surface area (Å²) in [5.74, 6) is -1.19. The first-order valence-electron chi connectivity index (χ1n) is 10.0. The number of carbonyl (C=O) groups excluding carboxylic acids is 1. The smallest absolute Gasteiger partial charge is 0.366 e. The van der Waals surface area contributed by atoms with Gasteiger partial charge in [0.15, 0.2) is 0 Å². The van der Waals surface area contributed by atoms with Gasteiger partial charge in [-0.05, 0) is 36.6 Å². The summed E-state index contributed by atoms with van der Waals surface area (Å²) >= 11 is 0. The maximum Gasteiger partial charge on any atom is 0.406 e. The van der Waals surface area contributed by atoms with E-state index in [0.29, 0.717) is 42.7 Å². The number of hydrogen-bond acceptors (Lipinski definition) is 5. The molecule has 1 heterocycles. The highest BCUT2D eigenvalue weighted by molar-refractivity contribution is 5.79. The van der Waals surface area contributed by atoms with Gasteiger partial charge >= 0.3 is 6.18 Å². The van der Waals surface area contributed by atoms with Crippen LogP contribution in [0.2, 0.25) is 0 Å². The Kier molecular flexibility index (Phi) is 6.98. The van der Waals surface area contributed by atoms with E-state index in [2.05, 4.69) is 0 Å². The monoisotopic (exact) mass is 446 g/mol. The molecule has 0 unspecified atom stereocenters. The highest BCUT2D eigenvalue weighted by Crippen LogP contribution is 2.32. The van der Waals surface area contributed by atoms with Gasteiger partial charge in [0, 0.05) is 31.6 Å². The average Bonchev–Trinajstić information content (AvgIpc) is 2.78. The van der Waals surface area contributed by atoms with Gasteiger partial charge in [0.05, 0.1) is 16.6 Å². The van der Waals surface area contributed by atoms with Crippen LogP contribution in [0.15, 0.2) is 48.5 Å². The molecule has 1 fully saturated rings. The molecule has 0 aliphatic carbocycles. The number of nitriles is 1. The van der Waals surface area contributed by atoms with Gasteiger partial charge in [0.2, 0.25) is 5.91 Å². The van der Waals surface area contributed by atoms with Crippen molar-refractivity contribution in [3.8, 4) is 6.07 Å². The third kappa shape index (κ3) is 5.75. The fraction of sp³-hybridized carbons (Fsp3) is 0.364. The summed E-state index contributed by atoms with van der Waals surface area (Å²) in [5.41, 5.74) is 1.27. The van der Waals surface area contributed by atoms with Crippen molar-refractivity contribution in [3.63, 3.8) is 0 Å². The molecule has 2 aromatic carbocycles. The molecule has 1 aliphatic heterocycles. The number of nitrogens with zero attached hydrogens (tertiary/aromatic N) is 4. The zero-order chi connectivity index (χ0) is 23.3. The Morgan fingerprint density at radius 2 is 1.78 bits per heavy atom. The fourth-order valence-electron chi connectivity index (χ4n) is 3.84. The Bertz CT molecular complexity index is 1010. The zero-order valence-electron chi connectivity index (χ0n) is 17.1. The van der Waals surface area contributed by atoms with Gasteiger partial charge in [-0.25, -0.2) is 0 Å². The molecule has 0 radical (unpaired) electrons. The summed E-state index contributed by atoms with van der Waals surface area (Å²) < 4.78 is 39.4. The third-order valence-electron chi connectivity index (χ3n) is 5.40. The standard InChI is InChI=1S/C22H21F3N4O3/c23-22(24,25)15-28(14-17-7-5-16(13-26)6-8-17)21(30)18-9-11-27(12-10-18)19-3-1-2-4-20(19)29(31)32/h1-8,18H,9-12,14-15H2. The van der Waals surface area contributed by atoms with E-state index in [-0.39, 0.29) is 12.2 Å². The van der Waals surface area contributed by atoms with Crippen LogP contribution < -0.4 is 4.90 Å². The first-order chi connectivity index (χ1) is 15.2. The summed E-state index contributed by atoms with van der Waals surface area (Å²) in [7, 11) is 0. The molecule has 2 aromatic rings. The lowest BCUT2D eigenvalue weighted by atomic mass is 9.94. The maximum absolute atomic E-state index is 13.1. The lowest BCUT2D eigenvalue weighted by Gasteiger charge is -2.35. The molecular weight excluding hydrogens is 425 g/mol. The van der Waals surface area contributed by atoms with E-state index < -0.39 is 29.5 Å². The molecule has 0 spiro atoms. The number of nitro benzene ring substituents is 1. The van der Waals surface area contributed by atoms with Crippen molar-refractivity contribution >= 4 is 17.3 Å². The van der Waals surface area contributed by atoms with E-state index in [4.69, 9.17) is 5.26 Å². The number of hydrogen-bond donors (Lipinski definition) is 0. The third-order valence-corrected chi connectivity index (χ3v) is 5.40. The van der Waals surface area contributed by atoms with Crippen LogP contribution in [0.4, 0.5) is 24.5 Å². The van der Waals surface area contributed by atoms with Crippen molar-refractivity contribution in [3.05, 3.63) is 69.8 Å². The molecule has 3 rings (SSSR count). The van der Waals surface area contributed by atoms with Gasteiger partial charge in [0.25, 0.3) is 5.69 Å². The van der Waals surface area contributed by atoms with E-state index >= 15 is 0 Å². The minimum absolute atomic E-state index is 0.0446. The van der Waals surface area contributed by atoms with Crippen molar-refractivity contribution in [2.75, 3.05) is 24.5 Å². The first kappa shape index (κ1) is 23.1. The summed E-state index contributed by atoms with van der Waals surface area (Å²) in [6.45, 7) is -0.916. The number of benzene rings is 2. The van der Waals surface area contributed by atoms with Crippen LogP contribution in [0.1, 0.15) is 24.0 Å². The Balaban J connectivity index is 1.70. The van der Waals surface area contributed by atoms with Gasteiger partial charge in [-0.1, -0.05) is 24.3 Å². The van der Waals surface area contributed by atoms with Crippen molar-refractivity contribution in [2.45, 2.75) is 25.6 Å². The molecule has 0 saturated carbocycles. The number of halogens is 3. The number of amides is 1. The SMILES string of the molecule is N#Cc1ccc(CN(CC(F)(F)F)C(=O)C2CCN(c3ccccc3[N+](=O)[O-])CC2)cc1. The molecule has 0 atom stereocenters. The van der Waals surface area contributed by atoms with Crippen LogP contribution >= 0.6 is 0 Å². The molecule has 1 amide bonds. The summed E-state index contributed by atoms with van der Waals surface area (Å²) in [5, 5.41) is 20.1. The molecule has 7 nitrogen and oxygen atoms in total. The largest absolute Gasteiger partial charge is 0.406 e.